The number of amidine groups is 1. The summed E-state index contributed by atoms with van der Waals surface area (Å²) in [6.07, 6.45) is 1.74. The van der Waals surface area contributed by atoms with Crippen LogP contribution in [0.4, 0.5) is 0 Å². The van der Waals surface area contributed by atoms with Crippen LogP contribution in [0.15, 0.2) is 44.6 Å². The minimum atomic E-state index is -0.228. The van der Waals surface area contributed by atoms with E-state index >= 15 is 0 Å². The van der Waals surface area contributed by atoms with Crippen molar-refractivity contribution in [1.29, 1.82) is 0 Å². The van der Waals surface area contributed by atoms with E-state index in [-0.39, 0.29) is 5.91 Å². The van der Waals surface area contributed by atoms with Crippen molar-refractivity contribution in [3.05, 3.63) is 51.6 Å². The number of thioether (sulfide) groups is 1. The molecule has 0 aliphatic carbocycles. The summed E-state index contributed by atoms with van der Waals surface area (Å²) >= 11 is 7.47. The lowest BCUT2D eigenvalue weighted by Crippen LogP contribution is -2.38. The highest BCUT2D eigenvalue weighted by Gasteiger charge is 2.27. The smallest absolute Gasteiger partial charge is 0.286 e. The standard InChI is InChI=1S/C19H17ClN2O3S/c1-12-2-3-13(20)10-15(12)16-5-4-14(25-16)11-17-18(23)21-19(26-17)22-6-8-24-9-7-22/h2-5,10-11H,6-9H2,1H3. The van der Waals surface area contributed by atoms with Crippen LogP contribution in [0.25, 0.3) is 17.4 Å². The molecule has 26 heavy (non-hydrogen) atoms. The SMILES string of the molecule is Cc1ccc(Cl)cc1-c1ccc(C=C2SC(N3CCOCC3)=NC2=O)o1. The summed E-state index contributed by atoms with van der Waals surface area (Å²) in [4.78, 5) is 19.0. The van der Waals surface area contributed by atoms with Gasteiger partial charge in [0, 0.05) is 29.8 Å². The third kappa shape index (κ3) is 3.58. The van der Waals surface area contributed by atoms with Crippen molar-refractivity contribution in [2.24, 2.45) is 4.99 Å². The Labute approximate surface area is 160 Å². The Morgan fingerprint density at radius 2 is 2.04 bits per heavy atom. The number of aryl methyl sites for hydroxylation is 1. The van der Waals surface area contributed by atoms with Gasteiger partial charge in [0.05, 0.1) is 18.1 Å². The molecule has 0 N–H and O–H groups in total. The molecule has 2 aliphatic rings. The first-order valence-electron chi connectivity index (χ1n) is 8.32. The maximum atomic E-state index is 12.2. The van der Waals surface area contributed by atoms with E-state index in [2.05, 4.69) is 9.89 Å². The zero-order valence-electron chi connectivity index (χ0n) is 14.2. The minimum absolute atomic E-state index is 0.228. The Morgan fingerprint density at radius 1 is 1.23 bits per heavy atom. The minimum Gasteiger partial charge on any atom is -0.457 e. The molecule has 1 saturated heterocycles. The van der Waals surface area contributed by atoms with Crippen molar-refractivity contribution in [3.63, 3.8) is 0 Å². The second kappa shape index (κ2) is 7.31. The molecule has 0 radical (unpaired) electrons. The molecule has 1 fully saturated rings. The number of ether oxygens (including phenoxy) is 1. The Balaban J connectivity index is 1.54. The van der Waals surface area contributed by atoms with Gasteiger partial charge in [-0.25, -0.2) is 0 Å². The summed E-state index contributed by atoms with van der Waals surface area (Å²) in [5.74, 6) is 1.11. The molecule has 0 atom stereocenters. The average Bonchev–Trinajstić information content (AvgIpc) is 3.25. The molecule has 5 nitrogen and oxygen atoms in total. The third-order valence-corrected chi connectivity index (χ3v) is 5.54. The summed E-state index contributed by atoms with van der Waals surface area (Å²) in [6.45, 7) is 4.84. The molecule has 4 rings (SSSR count). The summed E-state index contributed by atoms with van der Waals surface area (Å²) in [5, 5.41) is 1.40. The Morgan fingerprint density at radius 3 is 2.85 bits per heavy atom. The van der Waals surface area contributed by atoms with Crippen molar-refractivity contribution in [2.75, 3.05) is 26.3 Å². The summed E-state index contributed by atoms with van der Waals surface area (Å²) in [6, 6.07) is 9.42. The number of hydrogen-bond acceptors (Lipinski definition) is 5. The lowest BCUT2D eigenvalue weighted by Gasteiger charge is -2.27. The topological polar surface area (TPSA) is 55.0 Å². The second-order valence-electron chi connectivity index (χ2n) is 6.07. The highest BCUT2D eigenvalue weighted by atomic mass is 35.5. The molecular formula is C19H17ClN2O3S. The summed E-state index contributed by atoms with van der Waals surface area (Å²) < 4.78 is 11.3. The van der Waals surface area contributed by atoms with E-state index in [0.29, 0.717) is 28.9 Å². The first-order chi connectivity index (χ1) is 12.6. The zero-order chi connectivity index (χ0) is 18.1. The van der Waals surface area contributed by atoms with Gasteiger partial charge in [0.15, 0.2) is 5.17 Å². The molecule has 0 bridgehead atoms. The predicted molar refractivity (Wildman–Crippen MR) is 104 cm³/mol. The van der Waals surface area contributed by atoms with Crippen LogP contribution in [0.2, 0.25) is 5.02 Å². The number of halogens is 1. The van der Waals surface area contributed by atoms with Crippen molar-refractivity contribution in [2.45, 2.75) is 6.92 Å². The van der Waals surface area contributed by atoms with Gasteiger partial charge in [0.25, 0.3) is 5.91 Å². The monoisotopic (exact) mass is 388 g/mol. The van der Waals surface area contributed by atoms with Crippen LogP contribution in [-0.4, -0.2) is 42.3 Å². The normalized spacial score (nSPS) is 19.3. The fourth-order valence-corrected chi connectivity index (χ4v) is 3.97. The van der Waals surface area contributed by atoms with Crippen LogP contribution in [0.1, 0.15) is 11.3 Å². The number of rotatable bonds is 2. The lowest BCUT2D eigenvalue weighted by molar-refractivity contribution is -0.113. The van der Waals surface area contributed by atoms with Crippen LogP contribution in [0, 0.1) is 6.92 Å². The average molecular weight is 389 g/mol. The number of morpholine rings is 1. The van der Waals surface area contributed by atoms with Gasteiger partial charge >= 0.3 is 0 Å². The van der Waals surface area contributed by atoms with E-state index in [1.54, 1.807) is 6.08 Å². The number of hydrogen-bond donors (Lipinski definition) is 0. The number of furan rings is 1. The molecular weight excluding hydrogens is 372 g/mol. The number of carbonyl (C=O) groups is 1. The number of carbonyl (C=O) groups excluding carboxylic acids is 1. The molecule has 134 valence electrons. The molecule has 0 saturated carbocycles. The fraction of sp³-hybridized carbons (Fsp3) is 0.263. The Bertz CT molecular complexity index is 913. The molecule has 1 amide bonds. The first-order valence-corrected chi connectivity index (χ1v) is 9.51. The molecule has 2 aromatic rings. The summed E-state index contributed by atoms with van der Waals surface area (Å²) in [5.41, 5.74) is 2.02. The third-order valence-electron chi connectivity index (χ3n) is 4.26. The molecule has 7 heteroatoms. The van der Waals surface area contributed by atoms with Gasteiger partial charge in [-0.3, -0.25) is 4.79 Å². The second-order valence-corrected chi connectivity index (χ2v) is 7.52. The number of benzene rings is 1. The van der Waals surface area contributed by atoms with Gasteiger partial charge in [0.1, 0.15) is 11.5 Å². The largest absolute Gasteiger partial charge is 0.457 e. The van der Waals surface area contributed by atoms with Crippen molar-refractivity contribution in [3.8, 4) is 11.3 Å². The fourth-order valence-electron chi connectivity index (χ4n) is 2.85. The van der Waals surface area contributed by atoms with E-state index in [1.165, 1.54) is 11.8 Å². The van der Waals surface area contributed by atoms with E-state index < -0.39 is 0 Å². The maximum Gasteiger partial charge on any atom is 0.286 e. The van der Waals surface area contributed by atoms with Crippen LogP contribution in [0.3, 0.4) is 0 Å². The van der Waals surface area contributed by atoms with Crippen LogP contribution >= 0.6 is 23.4 Å². The molecule has 0 unspecified atom stereocenters. The maximum absolute atomic E-state index is 12.2. The number of nitrogens with zero attached hydrogens (tertiary/aromatic N) is 2. The van der Waals surface area contributed by atoms with Gasteiger partial charge in [-0.15, -0.1) is 0 Å². The molecule has 3 heterocycles. The number of amides is 1. The Kier molecular flexibility index (Phi) is 4.89. The van der Waals surface area contributed by atoms with E-state index in [0.717, 1.165) is 35.1 Å². The van der Waals surface area contributed by atoms with Gasteiger partial charge in [-0.2, -0.15) is 4.99 Å². The molecule has 0 spiro atoms. The van der Waals surface area contributed by atoms with Gasteiger partial charge in [-0.1, -0.05) is 17.7 Å². The summed E-state index contributed by atoms with van der Waals surface area (Å²) in [7, 11) is 0. The van der Waals surface area contributed by atoms with E-state index in [1.807, 2.05) is 37.3 Å². The van der Waals surface area contributed by atoms with Crippen LogP contribution in [0.5, 0.6) is 0 Å². The Hall–Kier alpha value is -2.02. The predicted octanol–water partition coefficient (Wildman–Crippen LogP) is 4.21. The zero-order valence-corrected chi connectivity index (χ0v) is 15.8. The van der Waals surface area contributed by atoms with Gasteiger partial charge in [-0.05, 0) is 48.5 Å². The molecule has 2 aliphatic heterocycles. The quantitative estimate of drug-likeness (QED) is 0.721. The van der Waals surface area contributed by atoms with Crippen molar-refractivity contribution in [1.82, 2.24) is 4.90 Å². The highest BCUT2D eigenvalue weighted by Crippen LogP contribution is 2.33. The van der Waals surface area contributed by atoms with E-state index in [9.17, 15) is 4.79 Å². The van der Waals surface area contributed by atoms with Crippen LogP contribution in [-0.2, 0) is 9.53 Å². The first kappa shape index (κ1) is 17.4. The molecule has 1 aromatic carbocycles. The van der Waals surface area contributed by atoms with Crippen molar-refractivity contribution < 1.29 is 13.9 Å². The van der Waals surface area contributed by atoms with Gasteiger partial charge in [0.2, 0.25) is 0 Å². The van der Waals surface area contributed by atoms with Crippen LogP contribution < -0.4 is 0 Å². The number of aliphatic imine (C=N–C) groups is 1. The van der Waals surface area contributed by atoms with Crippen molar-refractivity contribution >= 4 is 40.5 Å². The van der Waals surface area contributed by atoms with E-state index in [4.69, 9.17) is 20.8 Å². The lowest BCUT2D eigenvalue weighted by atomic mass is 10.1. The van der Waals surface area contributed by atoms with Gasteiger partial charge < -0.3 is 14.1 Å². The highest BCUT2D eigenvalue weighted by molar-refractivity contribution is 8.18. The molecule has 1 aromatic heterocycles.